The molecule has 1 heterocycles. The molecule has 0 aromatic heterocycles. The van der Waals surface area contributed by atoms with Gasteiger partial charge in [-0.1, -0.05) is 0 Å². The number of hydrogen-bond acceptors (Lipinski definition) is 5. The first kappa shape index (κ1) is 11.9. The zero-order chi connectivity index (χ0) is 11.5. The topological polar surface area (TPSA) is 92.8 Å². The molecule has 7 nitrogen and oxygen atoms in total. The van der Waals surface area contributed by atoms with Gasteiger partial charge in [-0.15, -0.1) is 0 Å². The molecule has 0 atom stereocenters. The quantitative estimate of drug-likeness (QED) is 0.607. The summed E-state index contributed by atoms with van der Waals surface area (Å²) in [6, 6.07) is 0. The number of morpholine rings is 1. The molecule has 0 saturated carbocycles. The smallest absolute Gasteiger partial charge is 0.253 e. The summed E-state index contributed by atoms with van der Waals surface area (Å²) in [5.74, 6) is -1.03. The number of carbonyl (C=O) groups is 2. The van der Waals surface area contributed by atoms with Crippen molar-refractivity contribution in [2.24, 2.45) is 0 Å². The number of nitrogens with one attached hydrogen (secondary N) is 1. The highest BCUT2D eigenvalue weighted by Crippen LogP contribution is 1.97. The van der Waals surface area contributed by atoms with E-state index >= 15 is 0 Å². The molecule has 0 spiro atoms. The molecule has 0 unspecified atom stereocenters. The molecule has 15 heavy (non-hydrogen) atoms. The third kappa shape index (κ3) is 4.26. The van der Waals surface area contributed by atoms with Gasteiger partial charge in [0.25, 0.3) is 5.91 Å². The van der Waals surface area contributed by atoms with Crippen molar-refractivity contribution in [2.45, 2.75) is 0 Å². The SMILES string of the molecule is CS(=O)(=O)NC(=O)CN1CCOCC1=O. The molecule has 1 fully saturated rings. The number of amides is 2. The fourth-order valence-electron chi connectivity index (χ4n) is 1.13. The van der Waals surface area contributed by atoms with Crippen LogP contribution < -0.4 is 4.72 Å². The van der Waals surface area contributed by atoms with Gasteiger partial charge in [0.1, 0.15) is 13.2 Å². The summed E-state index contributed by atoms with van der Waals surface area (Å²) < 4.78 is 28.0. The minimum Gasteiger partial charge on any atom is -0.370 e. The number of nitrogens with zero attached hydrogens (tertiary/aromatic N) is 1. The van der Waals surface area contributed by atoms with Gasteiger partial charge in [-0.25, -0.2) is 8.42 Å². The molecule has 0 aliphatic carbocycles. The van der Waals surface area contributed by atoms with Gasteiger partial charge in [-0.05, 0) is 0 Å². The predicted molar refractivity (Wildman–Crippen MR) is 50.4 cm³/mol. The van der Waals surface area contributed by atoms with Crippen LogP contribution in [0.5, 0.6) is 0 Å². The molecule has 0 aromatic rings. The molecule has 0 bridgehead atoms. The minimum atomic E-state index is -3.56. The van der Waals surface area contributed by atoms with E-state index in [1.54, 1.807) is 4.72 Å². The third-order valence-electron chi connectivity index (χ3n) is 1.72. The normalized spacial score (nSPS) is 17.7. The highest BCUT2D eigenvalue weighted by molar-refractivity contribution is 7.89. The lowest BCUT2D eigenvalue weighted by molar-refractivity contribution is -0.145. The van der Waals surface area contributed by atoms with Gasteiger partial charge < -0.3 is 9.64 Å². The van der Waals surface area contributed by atoms with Gasteiger partial charge in [-0.2, -0.15) is 0 Å². The Morgan fingerprint density at radius 3 is 2.80 bits per heavy atom. The lowest BCUT2D eigenvalue weighted by atomic mass is 10.4. The Bertz CT molecular complexity index is 364. The molecule has 1 aliphatic rings. The zero-order valence-corrected chi connectivity index (χ0v) is 9.04. The van der Waals surface area contributed by atoms with Crippen LogP contribution in [0.1, 0.15) is 0 Å². The van der Waals surface area contributed by atoms with Crippen LogP contribution in [0.25, 0.3) is 0 Å². The largest absolute Gasteiger partial charge is 0.370 e. The van der Waals surface area contributed by atoms with E-state index < -0.39 is 15.9 Å². The lowest BCUT2D eigenvalue weighted by Gasteiger charge is -2.25. The monoisotopic (exact) mass is 236 g/mol. The van der Waals surface area contributed by atoms with Crippen molar-refractivity contribution >= 4 is 21.8 Å². The molecule has 2 amide bonds. The maximum Gasteiger partial charge on any atom is 0.253 e. The number of hydrogen-bond donors (Lipinski definition) is 1. The first-order valence-corrected chi connectivity index (χ1v) is 6.14. The third-order valence-corrected chi connectivity index (χ3v) is 2.32. The number of sulfonamides is 1. The van der Waals surface area contributed by atoms with Gasteiger partial charge >= 0.3 is 0 Å². The second-order valence-corrected chi connectivity index (χ2v) is 4.91. The molecular formula is C7H12N2O5S. The van der Waals surface area contributed by atoms with Crippen LogP contribution in [-0.4, -0.2) is 57.7 Å². The molecule has 1 rings (SSSR count). The maximum atomic E-state index is 11.2. The first-order valence-electron chi connectivity index (χ1n) is 4.24. The average molecular weight is 236 g/mol. The van der Waals surface area contributed by atoms with Crippen molar-refractivity contribution in [3.8, 4) is 0 Å². The zero-order valence-electron chi connectivity index (χ0n) is 8.23. The van der Waals surface area contributed by atoms with E-state index in [0.29, 0.717) is 13.2 Å². The van der Waals surface area contributed by atoms with E-state index in [-0.39, 0.29) is 19.1 Å². The summed E-state index contributed by atoms with van der Waals surface area (Å²) >= 11 is 0. The molecule has 0 aromatic carbocycles. The van der Waals surface area contributed by atoms with Crippen LogP contribution in [0.2, 0.25) is 0 Å². The molecular weight excluding hydrogens is 224 g/mol. The van der Waals surface area contributed by atoms with Crippen molar-refractivity contribution in [2.75, 3.05) is 32.6 Å². The van der Waals surface area contributed by atoms with Gasteiger partial charge in [0, 0.05) is 6.54 Å². The first-order chi connectivity index (χ1) is 6.88. The van der Waals surface area contributed by atoms with Crippen LogP contribution in [-0.2, 0) is 24.3 Å². The van der Waals surface area contributed by atoms with Gasteiger partial charge in [0.15, 0.2) is 0 Å². The Balaban J connectivity index is 2.47. The molecule has 1 aliphatic heterocycles. The average Bonchev–Trinajstić information content (AvgIpc) is 2.05. The summed E-state index contributed by atoms with van der Waals surface area (Å²) in [7, 11) is -3.56. The Labute approximate surface area is 87.4 Å². The molecule has 1 saturated heterocycles. The molecule has 8 heteroatoms. The van der Waals surface area contributed by atoms with Crippen molar-refractivity contribution < 1.29 is 22.7 Å². The highest BCUT2D eigenvalue weighted by atomic mass is 32.2. The van der Waals surface area contributed by atoms with Crippen LogP contribution in [0.4, 0.5) is 0 Å². The summed E-state index contributed by atoms with van der Waals surface area (Å²) in [4.78, 5) is 23.6. The van der Waals surface area contributed by atoms with Crippen molar-refractivity contribution in [3.63, 3.8) is 0 Å². The van der Waals surface area contributed by atoms with Gasteiger partial charge in [0.2, 0.25) is 15.9 Å². The molecule has 86 valence electrons. The standard InChI is InChI=1S/C7H12N2O5S/c1-15(12,13)8-6(10)4-9-2-3-14-5-7(9)11/h2-5H2,1H3,(H,8,10). The number of ether oxygens (including phenoxy) is 1. The van der Waals surface area contributed by atoms with Crippen LogP contribution >= 0.6 is 0 Å². The Kier molecular flexibility index (Phi) is 3.64. The second-order valence-electron chi connectivity index (χ2n) is 3.17. The molecule has 1 N–H and O–H groups in total. The van der Waals surface area contributed by atoms with Gasteiger partial charge in [0.05, 0.1) is 12.9 Å². The lowest BCUT2D eigenvalue weighted by Crippen LogP contribution is -2.47. The van der Waals surface area contributed by atoms with Crippen molar-refractivity contribution in [1.82, 2.24) is 9.62 Å². The highest BCUT2D eigenvalue weighted by Gasteiger charge is 2.21. The summed E-state index contributed by atoms with van der Waals surface area (Å²) in [6.07, 6.45) is 0.881. The van der Waals surface area contributed by atoms with E-state index in [1.165, 1.54) is 4.90 Å². The summed E-state index contributed by atoms with van der Waals surface area (Å²) in [5.41, 5.74) is 0. The van der Waals surface area contributed by atoms with E-state index in [4.69, 9.17) is 4.74 Å². The number of carbonyl (C=O) groups excluding carboxylic acids is 2. The van der Waals surface area contributed by atoms with E-state index in [0.717, 1.165) is 6.26 Å². The van der Waals surface area contributed by atoms with Crippen molar-refractivity contribution in [3.05, 3.63) is 0 Å². The fraction of sp³-hybridized carbons (Fsp3) is 0.714. The van der Waals surface area contributed by atoms with Gasteiger partial charge in [-0.3, -0.25) is 14.3 Å². The Morgan fingerprint density at radius 1 is 1.60 bits per heavy atom. The van der Waals surface area contributed by atoms with Crippen LogP contribution in [0.3, 0.4) is 0 Å². The predicted octanol–water partition coefficient (Wildman–Crippen LogP) is -2.08. The Hall–Kier alpha value is -1.15. The minimum absolute atomic E-state index is 0.0633. The maximum absolute atomic E-state index is 11.2. The molecule has 0 radical (unpaired) electrons. The van der Waals surface area contributed by atoms with Crippen molar-refractivity contribution in [1.29, 1.82) is 0 Å². The second kappa shape index (κ2) is 4.58. The van der Waals surface area contributed by atoms with E-state index in [1.807, 2.05) is 0 Å². The Morgan fingerprint density at radius 2 is 2.27 bits per heavy atom. The summed E-state index contributed by atoms with van der Waals surface area (Å²) in [6.45, 7) is 0.343. The summed E-state index contributed by atoms with van der Waals surface area (Å²) in [5, 5.41) is 0. The van der Waals surface area contributed by atoms with Crippen LogP contribution in [0.15, 0.2) is 0 Å². The van der Waals surface area contributed by atoms with Crippen LogP contribution in [0, 0.1) is 0 Å². The fourth-order valence-corrected chi connectivity index (χ4v) is 1.61. The van der Waals surface area contributed by atoms with E-state index in [2.05, 4.69) is 0 Å². The number of rotatable bonds is 3. The van der Waals surface area contributed by atoms with E-state index in [9.17, 15) is 18.0 Å².